The van der Waals surface area contributed by atoms with Crippen LogP contribution in [0.5, 0.6) is 11.5 Å². The van der Waals surface area contributed by atoms with E-state index in [1.807, 2.05) is 12.1 Å². The molecule has 1 fully saturated rings. The van der Waals surface area contributed by atoms with Gasteiger partial charge in [0.15, 0.2) is 0 Å². The number of nitrogens with one attached hydrogen (secondary N) is 2. The van der Waals surface area contributed by atoms with E-state index >= 15 is 0 Å². The summed E-state index contributed by atoms with van der Waals surface area (Å²) in [7, 11) is -0.660. The van der Waals surface area contributed by atoms with Gasteiger partial charge in [-0.25, -0.2) is 17.9 Å². The molecule has 0 bridgehead atoms. The van der Waals surface area contributed by atoms with E-state index in [1.165, 1.54) is 25.3 Å². The molecule has 2 aromatic rings. The quantitative estimate of drug-likeness (QED) is 0.648. The maximum absolute atomic E-state index is 12.6. The number of urea groups is 1. The summed E-state index contributed by atoms with van der Waals surface area (Å²) in [6.07, 6.45) is 1.40. The zero-order chi connectivity index (χ0) is 22.4. The van der Waals surface area contributed by atoms with E-state index in [2.05, 4.69) is 10.0 Å². The molecule has 1 saturated heterocycles. The van der Waals surface area contributed by atoms with E-state index in [9.17, 15) is 13.2 Å². The molecule has 2 amide bonds. The number of hydrogen-bond acceptors (Lipinski definition) is 5. The number of methoxy groups -OCH3 is 2. The molecular formula is C21H26ClN3O5S. The molecule has 31 heavy (non-hydrogen) atoms. The first-order valence-corrected chi connectivity index (χ1v) is 11.7. The number of rotatable bonds is 7. The van der Waals surface area contributed by atoms with Gasteiger partial charge in [0.2, 0.25) is 10.0 Å². The summed E-state index contributed by atoms with van der Waals surface area (Å²) in [5, 5.41) is 3.10. The van der Waals surface area contributed by atoms with E-state index in [-0.39, 0.29) is 21.9 Å². The molecule has 0 radical (unpaired) electrons. The van der Waals surface area contributed by atoms with E-state index in [0.717, 1.165) is 0 Å². The second-order valence-corrected chi connectivity index (χ2v) is 9.38. The molecule has 3 rings (SSSR count). The van der Waals surface area contributed by atoms with Crippen LogP contribution in [0.4, 0.5) is 10.5 Å². The molecule has 168 valence electrons. The molecule has 0 aliphatic carbocycles. The van der Waals surface area contributed by atoms with Crippen molar-refractivity contribution in [3.05, 3.63) is 47.5 Å². The molecule has 0 unspecified atom stereocenters. The number of nitrogens with zero attached hydrogens (tertiary/aromatic N) is 1. The fourth-order valence-electron chi connectivity index (χ4n) is 3.41. The lowest BCUT2D eigenvalue weighted by molar-refractivity contribution is 0.183. The Morgan fingerprint density at radius 3 is 2.42 bits per heavy atom. The molecule has 0 spiro atoms. The molecule has 0 aromatic heterocycles. The fraction of sp³-hybridized carbons (Fsp3) is 0.381. The third-order valence-electron chi connectivity index (χ3n) is 5.25. The number of benzene rings is 2. The highest BCUT2D eigenvalue weighted by Gasteiger charge is 2.25. The molecule has 2 aromatic carbocycles. The Labute approximate surface area is 187 Å². The largest absolute Gasteiger partial charge is 0.495 e. The van der Waals surface area contributed by atoms with Crippen molar-refractivity contribution in [2.24, 2.45) is 5.92 Å². The highest BCUT2D eigenvalue weighted by molar-refractivity contribution is 7.89. The van der Waals surface area contributed by atoms with E-state index in [1.54, 1.807) is 24.1 Å². The van der Waals surface area contributed by atoms with Crippen molar-refractivity contribution in [1.82, 2.24) is 9.62 Å². The summed E-state index contributed by atoms with van der Waals surface area (Å²) >= 11 is 6.04. The first-order chi connectivity index (χ1) is 14.8. The lowest BCUT2D eigenvalue weighted by Gasteiger charge is -2.32. The lowest BCUT2D eigenvalue weighted by atomic mass is 9.97. The van der Waals surface area contributed by atoms with Crippen molar-refractivity contribution < 1.29 is 22.7 Å². The summed E-state index contributed by atoms with van der Waals surface area (Å²) in [4.78, 5) is 14.4. The van der Waals surface area contributed by atoms with Crippen molar-refractivity contribution in [3.63, 3.8) is 0 Å². The summed E-state index contributed by atoms with van der Waals surface area (Å²) < 4.78 is 38.1. The number of ether oxygens (including phenoxy) is 2. The van der Waals surface area contributed by atoms with Gasteiger partial charge in [0.1, 0.15) is 11.5 Å². The standard InChI is InChI=1S/C21H26ClN3O5S/c1-29-19-8-7-16(13-17(19)22)31(27,28)23-14-15-9-11-25(12-10-15)21(26)24-18-5-3-4-6-20(18)30-2/h3-8,13,15,23H,9-12,14H2,1-2H3,(H,24,26). The van der Waals surface area contributed by atoms with Crippen molar-refractivity contribution in [3.8, 4) is 11.5 Å². The summed E-state index contributed by atoms with van der Waals surface area (Å²) in [5.41, 5.74) is 0.614. The van der Waals surface area contributed by atoms with Gasteiger partial charge in [0, 0.05) is 19.6 Å². The third kappa shape index (κ3) is 5.81. The Kier molecular flexibility index (Phi) is 7.64. The molecule has 10 heteroatoms. The molecule has 1 heterocycles. The smallest absolute Gasteiger partial charge is 0.321 e. The van der Waals surface area contributed by atoms with E-state index < -0.39 is 10.0 Å². The average molecular weight is 468 g/mol. The van der Waals surface area contributed by atoms with Crippen LogP contribution < -0.4 is 19.5 Å². The average Bonchev–Trinajstić information content (AvgIpc) is 2.78. The predicted molar refractivity (Wildman–Crippen MR) is 120 cm³/mol. The Morgan fingerprint density at radius 2 is 1.77 bits per heavy atom. The van der Waals surface area contributed by atoms with Crippen LogP contribution in [-0.2, 0) is 10.0 Å². The van der Waals surface area contributed by atoms with Crippen molar-refractivity contribution in [1.29, 1.82) is 0 Å². The number of hydrogen-bond donors (Lipinski definition) is 2. The molecule has 0 atom stereocenters. The maximum atomic E-state index is 12.6. The number of para-hydroxylation sites is 2. The van der Waals surface area contributed by atoms with Gasteiger partial charge >= 0.3 is 6.03 Å². The van der Waals surface area contributed by atoms with Crippen LogP contribution in [0.1, 0.15) is 12.8 Å². The Balaban J connectivity index is 1.51. The second-order valence-electron chi connectivity index (χ2n) is 7.21. The molecule has 2 N–H and O–H groups in total. The van der Waals surface area contributed by atoms with E-state index in [0.29, 0.717) is 49.7 Å². The maximum Gasteiger partial charge on any atom is 0.321 e. The van der Waals surface area contributed by atoms with Crippen LogP contribution in [0.25, 0.3) is 0 Å². The Hall–Kier alpha value is -2.49. The highest BCUT2D eigenvalue weighted by Crippen LogP contribution is 2.27. The highest BCUT2D eigenvalue weighted by atomic mass is 35.5. The minimum absolute atomic E-state index is 0.0897. The molecule has 1 aliphatic rings. The minimum atomic E-state index is -3.68. The van der Waals surface area contributed by atoms with Crippen LogP contribution in [0.15, 0.2) is 47.4 Å². The van der Waals surface area contributed by atoms with Crippen LogP contribution in [0.2, 0.25) is 5.02 Å². The first kappa shape index (κ1) is 23.2. The molecule has 1 aliphatic heterocycles. The number of carbonyl (C=O) groups excluding carboxylic acids is 1. The second kappa shape index (κ2) is 10.2. The number of halogens is 1. The number of anilines is 1. The SMILES string of the molecule is COc1ccc(S(=O)(=O)NCC2CCN(C(=O)Nc3ccccc3OC)CC2)cc1Cl. The van der Waals surface area contributed by atoms with Gasteiger partial charge in [-0.1, -0.05) is 23.7 Å². The topological polar surface area (TPSA) is 97.0 Å². The number of piperidine rings is 1. The van der Waals surface area contributed by atoms with Gasteiger partial charge in [-0.15, -0.1) is 0 Å². The van der Waals surface area contributed by atoms with Crippen molar-refractivity contribution in [2.75, 3.05) is 39.2 Å². The van der Waals surface area contributed by atoms with Gasteiger partial charge in [-0.05, 0) is 49.1 Å². The summed E-state index contributed by atoms with van der Waals surface area (Å²) in [6, 6.07) is 11.4. The van der Waals surface area contributed by atoms with Crippen molar-refractivity contribution in [2.45, 2.75) is 17.7 Å². The Bertz CT molecular complexity index is 1020. The predicted octanol–water partition coefficient (Wildman–Crippen LogP) is 3.58. The van der Waals surface area contributed by atoms with Gasteiger partial charge in [0.05, 0.1) is 29.8 Å². The first-order valence-electron chi connectivity index (χ1n) is 9.86. The summed E-state index contributed by atoms with van der Waals surface area (Å²) in [5.74, 6) is 1.15. The third-order valence-corrected chi connectivity index (χ3v) is 6.96. The normalized spacial score (nSPS) is 14.9. The van der Waals surface area contributed by atoms with Crippen LogP contribution in [0.3, 0.4) is 0 Å². The summed E-state index contributed by atoms with van der Waals surface area (Å²) in [6.45, 7) is 1.39. The van der Waals surface area contributed by atoms with Crippen LogP contribution >= 0.6 is 11.6 Å². The zero-order valence-electron chi connectivity index (χ0n) is 17.4. The molecular weight excluding hydrogens is 442 g/mol. The van der Waals surface area contributed by atoms with E-state index in [4.69, 9.17) is 21.1 Å². The number of amides is 2. The van der Waals surface area contributed by atoms with Gasteiger partial charge in [-0.3, -0.25) is 0 Å². The van der Waals surface area contributed by atoms with Gasteiger partial charge in [0.25, 0.3) is 0 Å². The number of likely N-dealkylation sites (tertiary alicyclic amines) is 1. The Morgan fingerprint density at radius 1 is 1.10 bits per heavy atom. The van der Waals surface area contributed by atoms with Crippen LogP contribution in [-0.4, -0.2) is 53.2 Å². The molecule has 0 saturated carbocycles. The number of carbonyl (C=O) groups is 1. The van der Waals surface area contributed by atoms with Crippen LogP contribution in [0, 0.1) is 5.92 Å². The minimum Gasteiger partial charge on any atom is -0.495 e. The van der Waals surface area contributed by atoms with Gasteiger partial charge in [-0.2, -0.15) is 0 Å². The van der Waals surface area contributed by atoms with Crippen molar-refractivity contribution >= 4 is 33.3 Å². The fourth-order valence-corrected chi connectivity index (χ4v) is 4.87. The molecule has 8 nitrogen and oxygen atoms in total. The lowest BCUT2D eigenvalue weighted by Crippen LogP contribution is -2.43. The van der Waals surface area contributed by atoms with Gasteiger partial charge < -0.3 is 19.7 Å². The monoisotopic (exact) mass is 467 g/mol. The number of sulfonamides is 1. The zero-order valence-corrected chi connectivity index (χ0v) is 19.0.